The smallest absolute Gasteiger partial charge is 0.306 e. The summed E-state index contributed by atoms with van der Waals surface area (Å²) >= 11 is 0. The van der Waals surface area contributed by atoms with Gasteiger partial charge in [0.25, 0.3) is 7.82 Å². The van der Waals surface area contributed by atoms with Crippen molar-refractivity contribution in [2.75, 3.05) is 47.5 Å². The summed E-state index contributed by atoms with van der Waals surface area (Å²) in [5.41, 5.74) is 0. The lowest BCUT2D eigenvalue weighted by molar-refractivity contribution is -0.870. The van der Waals surface area contributed by atoms with Crippen LogP contribution in [0.4, 0.5) is 0 Å². The molecule has 10 heteroatoms. The third-order valence-corrected chi connectivity index (χ3v) is 12.1. The van der Waals surface area contributed by atoms with E-state index in [9.17, 15) is 19.0 Å². The highest BCUT2D eigenvalue weighted by atomic mass is 31.2. The fourth-order valence-corrected chi connectivity index (χ4v) is 7.97. The van der Waals surface area contributed by atoms with E-state index in [0.29, 0.717) is 17.4 Å². The summed E-state index contributed by atoms with van der Waals surface area (Å²) in [7, 11) is 1.18. The van der Waals surface area contributed by atoms with Crippen molar-refractivity contribution in [3.8, 4) is 0 Å². The quantitative estimate of drug-likeness (QED) is 0.0258. The molecule has 2 unspecified atom stereocenters. The Bertz CT molecular complexity index is 958. The van der Waals surface area contributed by atoms with Gasteiger partial charge in [0.15, 0.2) is 6.10 Å². The van der Waals surface area contributed by atoms with E-state index in [4.69, 9.17) is 18.5 Å². The molecule has 0 aliphatic carbocycles. The van der Waals surface area contributed by atoms with Crippen molar-refractivity contribution in [3.05, 3.63) is 0 Å². The highest BCUT2D eigenvalue weighted by molar-refractivity contribution is 7.45. The molecule has 0 radical (unpaired) electrons. The van der Waals surface area contributed by atoms with Crippen LogP contribution < -0.4 is 4.89 Å². The zero-order chi connectivity index (χ0) is 42.8. The number of hydrogen-bond donors (Lipinski definition) is 0. The Morgan fingerprint density at radius 2 is 0.776 bits per heavy atom. The Morgan fingerprint density at radius 1 is 0.466 bits per heavy atom. The molecule has 0 aliphatic heterocycles. The predicted molar refractivity (Wildman–Crippen MR) is 241 cm³/mol. The summed E-state index contributed by atoms with van der Waals surface area (Å²) in [5.74, 6) is -0.826. The van der Waals surface area contributed by atoms with Gasteiger partial charge in [-0.25, -0.2) is 0 Å². The van der Waals surface area contributed by atoms with E-state index in [1.807, 2.05) is 21.1 Å². The van der Waals surface area contributed by atoms with E-state index >= 15 is 0 Å². The normalized spacial score (nSPS) is 13.4. The number of quaternary nitrogens is 1. The molecular weight excluding hydrogens is 750 g/mol. The van der Waals surface area contributed by atoms with Crippen LogP contribution in [0.2, 0.25) is 0 Å². The van der Waals surface area contributed by atoms with Crippen molar-refractivity contribution in [1.29, 1.82) is 0 Å². The summed E-state index contributed by atoms with van der Waals surface area (Å²) < 4.78 is 33.8. The third kappa shape index (κ3) is 44.6. The van der Waals surface area contributed by atoms with E-state index in [2.05, 4.69) is 13.8 Å². The lowest BCUT2D eigenvalue weighted by atomic mass is 10.0. The molecule has 0 aliphatic rings. The minimum Gasteiger partial charge on any atom is -0.756 e. The SMILES string of the molecule is CCCCCCCCCCCCCCCCCCCCCCCCCCCCCC(=O)OC(COC(=O)CCCCCCCCC)COP(=O)([O-])OCC[N+](C)(C)C. The van der Waals surface area contributed by atoms with E-state index in [1.165, 1.54) is 180 Å². The molecule has 0 aromatic heterocycles. The van der Waals surface area contributed by atoms with Gasteiger partial charge in [-0.15, -0.1) is 0 Å². The van der Waals surface area contributed by atoms with Crippen LogP contribution in [0.25, 0.3) is 0 Å². The van der Waals surface area contributed by atoms with Gasteiger partial charge >= 0.3 is 11.9 Å². The summed E-state index contributed by atoms with van der Waals surface area (Å²) in [6.45, 7) is 4.22. The van der Waals surface area contributed by atoms with Gasteiger partial charge in [0, 0.05) is 12.8 Å². The maximum atomic E-state index is 12.7. The topological polar surface area (TPSA) is 111 Å². The van der Waals surface area contributed by atoms with Crippen molar-refractivity contribution in [2.24, 2.45) is 0 Å². The molecule has 0 fully saturated rings. The lowest BCUT2D eigenvalue weighted by Gasteiger charge is -2.28. The fourth-order valence-electron chi connectivity index (χ4n) is 7.25. The summed E-state index contributed by atoms with van der Waals surface area (Å²) in [6, 6.07) is 0. The van der Waals surface area contributed by atoms with E-state index in [0.717, 1.165) is 32.1 Å². The van der Waals surface area contributed by atoms with Crippen LogP contribution in [0, 0.1) is 0 Å². The summed E-state index contributed by atoms with van der Waals surface area (Å²) in [6.07, 6.45) is 43.2. The maximum Gasteiger partial charge on any atom is 0.306 e. The zero-order valence-corrected chi connectivity index (χ0v) is 39.9. The first-order valence-corrected chi connectivity index (χ1v) is 26.2. The zero-order valence-electron chi connectivity index (χ0n) is 39.0. The molecule has 0 bridgehead atoms. The number of ether oxygens (including phenoxy) is 2. The number of carbonyl (C=O) groups is 2. The van der Waals surface area contributed by atoms with E-state index < -0.39 is 26.5 Å². The Labute approximate surface area is 359 Å². The Balaban J connectivity index is 3.97. The number of phosphoric acid groups is 1. The first-order chi connectivity index (χ1) is 28.0. The average Bonchev–Trinajstić information content (AvgIpc) is 3.17. The van der Waals surface area contributed by atoms with E-state index in [-0.39, 0.29) is 32.0 Å². The van der Waals surface area contributed by atoms with Crippen molar-refractivity contribution in [1.82, 2.24) is 0 Å². The molecule has 0 rings (SSSR count). The van der Waals surface area contributed by atoms with Crippen molar-refractivity contribution in [2.45, 2.75) is 251 Å². The van der Waals surface area contributed by atoms with Gasteiger partial charge in [-0.3, -0.25) is 14.2 Å². The second kappa shape index (κ2) is 41.4. The molecule has 0 heterocycles. The number of unbranched alkanes of at least 4 members (excludes halogenated alkanes) is 32. The van der Waals surface area contributed by atoms with Gasteiger partial charge in [-0.2, -0.15) is 0 Å². The molecule has 0 saturated heterocycles. The second-order valence-corrected chi connectivity index (χ2v) is 19.6. The number of phosphoric ester groups is 1. The third-order valence-electron chi connectivity index (χ3n) is 11.1. The molecule has 0 spiro atoms. The monoisotopic (exact) mass is 846 g/mol. The molecule has 0 saturated carbocycles. The minimum atomic E-state index is -4.61. The molecule has 346 valence electrons. The van der Waals surface area contributed by atoms with Gasteiger partial charge in [0.1, 0.15) is 19.8 Å². The first kappa shape index (κ1) is 57.0. The van der Waals surface area contributed by atoms with Crippen LogP contribution in [0.1, 0.15) is 245 Å². The van der Waals surface area contributed by atoms with Crippen molar-refractivity contribution >= 4 is 19.8 Å². The number of rotatable bonds is 46. The van der Waals surface area contributed by atoms with Gasteiger partial charge in [0.05, 0.1) is 27.7 Å². The number of nitrogens with zero attached hydrogens (tertiary/aromatic N) is 1. The van der Waals surface area contributed by atoms with Crippen LogP contribution in [0.3, 0.4) is 0 Å². The van der Waals surface area contributed by atoms with Crippen LogP contribution in [-0.4, -0.2) is 70.0 Å². The van der Waals surface area contributed by atoms with Crippen LogP contribution >= 0.6 is 7.82 Å². The lowest BCUT2D eigenvalue weighted by Crippen LogP contribution is -2.37. The molecule has 0 aromatic rings. The number of hydrogen-bond acceptors (Lipinski definition) is 8. The predicted octanol–water partition coefficient (Wildman–Crippen LogP) is 13.7. The molecular formula is C48H96NO8P. The Morgan fingerprint density at radius 3 is 1.10 bits per heavy atom. The molecule has 9 nitrogen and oxygen atoms in total. The van der Waals surface area contributed by atoms with Gasteiger partial charge in [-0.05, 0) is 12.8 Å². The highest BCUT2D eigenvalue weighted by Crippen LogP contribution is 2.38. The summed E-state index contributed by atoms with van der Waals surface area (Å²) in [5, 5.41) is 0. The number of esters is 2. The molecule has 2 atom stereocenters. The van der Waals surface area contributed by atoms with Gasteiger partial charge < -0.3 is 27.9 Å². The molecule has 0 N–H and O–H groups in total. The first-order valence-electron chi connectivity index (χ1n) is 24.7. The van der Waals surface area contributed by atoms with Crippen LogP contribution in [0.15, 0.2) is 0 Å². The standard InChI is InChI=1S/C48H96NO8P/c1-6-8-10-12-14-15-16-17-18-19-20-21-22-23-24-25-26-27-28-29-30-31-32-33-35-37-39-41-48(51)57-46(45-56-58(52,53)55-43-42-49(3,4)5)44-54-47(50)40-38-36-34-13-11-9-7-2/h46H,6-45H2,1-5H3. The number of likely N-dealkylation sites (N-methyl/N-ethyl adjacent to an activating group) is 1. The van der Waals surface area contributed by atoms with Crippen LogP contribution in [0.5, 0.6) is 0 Å². The number of carbonyl (C=O) groups excluding carboxylic acids is 2. The van der Waals surface area contributed by atoms with Crippen LogP contribution in [-0.2, 0) is 32.7 Å². The molecule has 58 heavy (non-hydrogen) atoms. The van der Waals surface area contributed by atoms with Gasteiger partial charge in [0.2, 0.25) is 0 Å². The Kier molecular flexibility index (Phi) is 40.7. The molecule has 0 amide bonds. The summed E-state index contributed by atoms with van der Waals surface area (Å²) in [4.78, 5) is 37.4. The average molecular weight is 846 g/mol. The van der Waals surface area contributed by atoms with E-state index in [1.54, 1.807) is 0 Å². The molecule has 0 aromatic carbocycles. The highest BCUT2D eigenvalue weighted by Gasteiger charge is 2.21. The van der Waals surface area contributed by atoms with Crippen molar-refractivity contribution in [3.63, 3.8) is 0 Å². The minimum absolute atomic E-state index is 0.0260. The Hall–Kier alpha value is -0.990. The van der Waals surface area contributed by atoms with Crippen molar-refractivity contribution < 1.29 is 42.1 Å². The second-order valence-electron chi connectivity index (χ2n) is 18.2. The largest absolute Gasteiger partial charge is 0.756 e. The van der Waals surface area contributed by atoms with Gasteiger partial charge in [-0.1, -0.05) is 219 Å². The maximum absolute atomic E-state index is 12.7. The fraction of sp³-hybridized carbons (Fsp3) is 0.958.